The zero-order valence-corrected chi connectivity index (χ0v) is 33.6. The van der Waals surface area contributed by atoms with Gasteiger partial charge in [0.2, 0.25) is 0 Å². The summed E-state index contributed by atoms with van der Waals surface area (Å²) in [7, 11) is 0. The fraction of sp³-hybridized carbons (Fsp3) is 0. The minimum atomic E-state index is 0.913. The van der Waals surface area contributed by atoms with Crippen molar-refractivity contribution in [2.75, 3.05) is 4.90 Å². The second kappa shape index (κ2) is 13.6. The largest absolute Gasteiger partial charge is 0.309 e. The minimum absolute atomic E-state index is 0.913. The molecule has 288 valence electrons. The molecule has 0 N–H and O–H groups in total. The van der Waals surface area contributed by atoms with Crippen LogP contribution in [0.15, 0.2) is 219 Å². The highest BCUT2D eigenvalue weighted by Gasteiger charge is 2.24. The van der Waals surface area contributed by atoms with E-state index in [1.165, 1.54) is 60.0 Å². The summed E-state index contributed by atoms with van der Waals surface area (Å²) in [5.74, 6) is 0. The number of hydrogen-bond acceptors (Lipinski definition) is 3. The summed E-state index contributed by atoms with van der Waals surface area (Å²) >= 11 is 0. The smallest absolute Gasteiger partial charge is 0.0970 e. The lowest BCUT2D eigenvalue weighted by Gasteiger charge is -2.30. The van der Waals surface area contributed by atoms with Crippen LogP contribution in [0.4, 0.5) is 17.1 Å². The van der Waals surface area contributed by atoms with Crippen LogP contribution in [0.25, 0.3) is 104 Å². The minimum Gasteiger partial charge on any atom is -0.309 e. The fourth-order valence-corrected chi connectivity index (χ4v) is 10.1. The highest BCUT2D eigenvalue weighted by Crippen LogP contribution is 2.49. The van der Waals surface area contributed by atoms with Gasteiger partial charge in [0, 0.05) is 61.5 Å². The molecule has 0 radical (unpaired) electrons. The highest BCUT2D eigenvalue weighted by atomic mass is 15.1. The van der Waals surface area contributed by atoms with Crippen molar-refractivity contribution in [2.24, 2.45) is 0 Å². The van der Waals surface area contributed by atoms with Gasteiger partial charge in [0.05, 0.1) is 39.0 Å². The first-order valence-electron chi connectivity index (χ1n) is 21.2. The third-order valence-corrected chi connectivity index (χ3v) is 12.8. The molecule has 0 atom stereocenters. The molecule has 0 amide bonds. The molecule has 13 aromatic rings. The van der Waals surface area contributed by atoms with Gasteiger partial charge in [0.15, 0.2) is 0 Å². The summed E-state index contributed by atoms with van der Waals surface area (Å²) in [6.07, 6.45) is 3.79. The molecule has 4 heterocycles. The number of hydrogen-bond donors (Lipinski definition) is 0. The zero-order valence-electron chi connectivity index (χ0n) is 33.6. The van der Waals surface area contributed by atoms with Crippen LogP contribution in [-0.4, -0.2) is 14.4 Å². The van der Waals surface area contributed by atoms with Crippen molar-refractivity contribution in [1.82, 2.24) is 14.4 Å². The molecule has 0 saturated heterocycles. The Bertz CT molecular complexity index is 3790. The number of aromatic nitrogens is 3. The summed E-state index contributed by atoms with van der Waals surface area (Å²) in [5, 5.41) is 9.47. The predicted octanol–water partition coefficient (Wildman–Crippen LogP) is 15.6. The van der Waals surface area contributed by atoms with E-state index >= 15 is 0 Å². The fourth-order valence-electron chi connectivity index (χ4n) is 10.1. The normalized spacial score (nSPS) is 11.9. The van der Waals surface area contributed by atoms with Crippen molar-refractivity contribution >= 4 is 87.7 Å². The lowest BCUT2D eigenvalue weighted by molar-refractivity contribution is 1.29. The van der Waals surface area contributed by atoms with E-state index < -0.39 is 0 Å². The molecule has 4 nitrogen and oxygen atoms in total. The van der Waals surface area contributed by atoms with Gasteiger partial charge in [-0.15, -0.1) is 0 Å². The van der Waals surface area contributed by atoms with Gasteiger partial charge in [-0.05, 0) is 93.7 Å². The van der Waals surface area contributed by atoms with Crippen molar-refractivity contribution in [3.05, 3.63) is 219 Å². The third-order valence-electron chi connectivity index (χ3n) is 12.8. The van der Waals surface area contributed by atoms with E-state index in [4.69, 9.17) is 9.97 Å². The summed E-state index contributed by atoms with van der Waals surface area (Å²) in [6, 6.07) is 75.0. The van der Waals surface area contributed by atoms with E-state index in [1.807, 2.05) is 18.5 Å². The molecular formula is C58H36N4. The van der Waals surface area contributed by atoms with Crippen LogP contribution in [-0.2, 0) is 0 Å². The Hall–Kier alpha value is -8.34. The molecule has 4 aromatic heterocycles. The highest BCUT2D eigenvalue weighted by molar-refractivity contribution is 6.29. The molecule has 0 unspecified atom stereocenters. The second-order valence-corrected chi connectivity index (χ2v) is 16.1. The molecular weight excluding hydrogens is 753 g/mol. The van der Waals surface area contributed by atoms with Gasteiger partial charge in [-0.3, -0.25) is 9.97 Å². The van der Waals surface area contributed by atoms with E-state index in [2.05, 4.69) is 209 Å². The van der Waals surface area contributed by atoms with E-state index in [0.29, 0.717) is 0 Å². The number of para-hydroxylation sites is 3. The molecule has 9 aromatic carbocycles. The van der Waals surface area contributed by atoms with Crippen molar-refractivity contribution < 1.29 is 0 Å². The maximum atomic E-state index is 4.90. The van der Waals surface area contributed by atoms with Gasteiger partial charge >= 0.3 is 0 Å². The van der Waals surface area contributed by atoms with Crippen LogP contribution in [0.2, 0.25) is 0 Å². The average molecular weight is 789 g/mol. The van der Waals surface area contributed by atoms with Crippen molar-refractivity contribution in [3.8, 4) is 33.4 Å². The summed E-state index contributed by atoms with van der Waals surface area (Å²) in [4.78, 5) is 12.2. The standard InChI is InChI=1S/C58H36N4/c1-3-15-37(16-4-1)44-21-7-10-24-51(44)61(52-25-11-8-22-45(52)38-17-5-2-6-18-38)42-33-40-19-13-27-54-55(40)48(36-42)50-35-41(34-49-46-23-9-12-26-53(46)62(54)58(49)50)43-30-32-60-57-47(43)29-28-39-20-14-31-59-56(39)57/h1-36H. The summed E-state index contributed by atoms with van der Waals surface area (Å²) in [6.45, 7) is 0. The first-order chi connectivity index (χ1) is 30.8. The number of anilines is 3. The Labute approximate surface area is 357 Å². The topological polar surface area (TPSA) is 33.4 Å². The zero-order chi connectivity index (χ0) is 40.7. The molecule has 0 saturated carbocycles. The number of nitrogens with zero attached hydrogens (tertiary/aromatic N) is 4. The van der Waals surface area contributed by atoms with Gasteiger partial charge in [0.25, 0.3) is 0 Å². The molecule has 62 heavy (non-hydrogen) atoms. The lowest BCUT2D eigenvalue weighted by atomic mass is 9.93. The first-order valence-corrected chi connectivity index (χ1v) is 21.2. The maximum absolute atomic E-state index is 4.90. The summed E-state index contributed by atoms with van der Waals surface area (Å²) < 4.78 is 2.49. The van der Waals surface area contributed by atoms with Crippen molar-refractivity contribution in [3.63, 3.8) is 0 Å². The first kappa shape index (κ1) is 34.5. The van der Waals surface area contributed by atoms with E-state index in [1.54, 1.807) is 0 Å². The molecule has 0 fully saturated rings. The molecule has 0 aliphatic heterocycles. The van der Waals surface area contributed by atoms with E-state index in [0.717, 1.165) is 61.1 Å². The molecule has 0 aliphatic carbocycles. The van der Waals surface area contributed by atoms with Gasteiger partial charge in [-0.2, -0.15) is 0 Å². The predicted molar refractivity (Wildman–Crippen MR) is 260 cm³/mol. The number of pyridine rings is 3. The number of rotatable bonds is 6. The Morgan fingerprint density at radius 3 is 1.74 bits per heavy atom. The van der Waals surface area contributed by atoms with Gasteiger partial charge < -0.3 is 9.30 Å². The van der Waals surface area contributed by atoms with Crippen LogP contribution in [0.5, 0.6) is 0 Å². The molecule has 4 heteroatoms. The molecule has 0 aliphatic rings. The van der Waals surface area contributed by atoms with Gasteiger partial charge in [0.1, 0.15) is 0 Å². The quantitative estimate of drug-likeness (QED) is 0.124. The van der Waals surface area contributed by atoms with Gasteiger partial charge in [-0.1, -0.05) is 146 Å². The third kappa shape index (κ3) is 5.14. The number of benzene rings is 9. The monoisotopic (exact) mass is 788 g/mol. The average Bonchev–Trinajstić information content (AvgIpc) is 3.68. The van der Waals surface area contributed by atoms with E-state index in [-0.39, 0.29) is 0 Å². The Morgan fingerprint density at radius 1 is 0.355 bits per heavy atom. The van der Waals surface area contributed by atoms with Crippen LogP contribution in [0.3, 0.4) is 0 Å². The van der Waals surface area contributed by atoms with Crippen LogP contribution in [0.1, 0.15) is 0 Å². The Balaban J connectivity index is 1.16. The van der Waals surface area contributed by atoms with Crippen LogP contribution in [0, 0.1) is 0 Å². The second-order valence-electron chi connectivity index (χ2n) is 16.1. The SMILES string of the molecule is c1ccc(-c2ccccc2N(c2cc3cccc4c3c(c2)c2cc(-c3ccnc5c3ccc3cccnc35)cc3c5ccccc5n4c23)c2ccccc2-c2ccccc2)cc1. The molecule has 0 bridgehead atoms. The maximum Gasteiger partial charge on any atom is 0.0970 e. The number of fused-ring (bicyclic) bond motifs is 8. The van der Waals surface area contributed by atoms with Crippen molar-refractivity contribution in [1.29, 1.82) is 0 Å². The Kier molecular flexibility index (Phi) is 7.57. The molecule has 0 spiro atoms. The Morgan fingerprint density at radius 2 is 0.984 bits per heavy atom. The summed E-state index contributed by atoms with van der Waals surface area (Å²) in [5.41, 5.74) is 15.7. The van der Waals surface area contributed by atoms with Gasteiger partial charge in [-0.25, -0.2) is 0 Å². The molecule has 13 rings (SSSR count). The van der Waals surface area contributed by atoms with E-state index in [9.17, 15) is 0 Å². The van der Waals surface area contributed by atoms with Crippen molar-refractivity contribution in [2.45, 2.75) is 0 Å². The van der Waals surface area contributed by atoms with Crippen LogP contribution < -0.4 is 4.90 Å². The lowest BCUT2D eigenvalue weighted by Crippen LogP contribution is -2.12. The van der Waals surface area contributed by atoms with Crippen LogP contribution >= 0.6 is 0 Å².